The van der Waals surface area contributed by atoms with Crippen molar-refractivity contribution in [1.82, 2.24) is 5.43 Å². The fourth-order valence-electron chi connectivity index (χ4n) is 2.19. The Morgan fingerprint density at radius 3 is 2.54 bits per heavy atom. The Balaban J connectivity index is 1.63. The summed E-state index contributed by atoms with van der Waals surface area (Å²) in [4.78, 5) is 23.6. The monoisotopic (exact) mass is 356 g/mol. The van der Waals surface area contributed by atoms with Gasteiger partial charge in [-0.3, -0.25) is 9.59 Å². The summed E-state index contributed by atoms with van der Waals surface area (Å²) in [6.07, 6.45) is 3.15. The van der Waals surface area contributed by atoms with Crippen LogP contribution < -0.4 is 14.9 Å². The predicted octanol–water partition coefficient (Wildman–Crippen LogP) is 2.91. The normalized spacial score (nSPS) is 13.5. The van der Waals surface area contributed by atoms with Crippen molar-refractivity contribution in [3.63, 3.8) is 0 Å². The third kappa shape index (κ3) is 4.44. The van der Waals surface area contributed by atoms with Gasteiger partial charge in [0, 0.05) is 5.56 Å². The van der Waals surface area contributed by atoms with Crippen LogP contribution in [0.2, 0.25) is 0 Å². The molecule has 0 aromatic heterocycles. The van der Waals surface area contributed by atoms with E-state index < -0.39 is 11.7 Å². The maximum atomic E-state index is 12.8. The fourth-order valence-corrected chi connectivity index (χ4v) is 2.19. The van der Waals surface area contributed by atoms with Gasteiger partial charge in [0.15, 0.2) is 11.5 Å². The van der Waals surface area contributed by atoms with E-state index in [1.807, 2.05) is 0 Å². The van der Waals surface area contributed by atoms with Gasteiger partial charge < -0.3 is 9.47 Å². The number of nitrogens with zero attached hydrogens (tertiary/aromatic N) is 1. The number of amides is 1. The van der Waals surface area contributed by atoms with Crippen LogP contribution in [0.5, 0.6) is 11.5 Å². The van der Waals surface area contributed by atoms with E-state index in [4.69, 9.17) is 9.47 Å². The molecule has 0 spiro atoms. The minimum absolute atomic E-state index is 0.0115. The molecule has 26 heavy (non-hydrogen) atoms. The molecule has 6 nitrogen and oxygen atoms in total. The van der Waals surface area contributed by atoms with Crippen molar-refractivity contribution in [2.45, 2.75) is 12.8 Å². The highest BCUT2D eigenvalue weighted by Gasteiger charge is 2.32. The first-order chi connectivity index (χ1) is 12.6. The number of hydrogen-bond acceptors (Lipinski definition) is 5. The van der Waals surface area contributed by atoms with Crippen molar-refractivity contribution < 1.29 is 23.5 Å². The molecule has 1 aliphatic carbocycles. The smallest absolute Gasteiger partial charge is 0.314 e. The Morgan fingerprint density at radius 2 is 1.88 bits per heavy atom. The van der Waals surface area contributed by atoms with Gasteiger partial charge in [-0.2, -0.15) is 5.10 Å². The highest BCUT2D eigenvalue weighted by Crippen LogP contribution is 2.34. The molecule has 1 saturated carbocycles. The van der Waals surface area contributed by atoms with E-state index in [-0.39, 0.29) is 11.9 Å². The van der Waals surface area contributed by atoms with Crippen molar-refractivity contribution in [2.24, 2.45) is 11.0 Å². The van der Waals surface area contributed by atoms with Crippen molar-refractivity contribution in [3.05, 3.63) is 59.4 Å². The summed E-state index contributed by atoms with van der Waals surface area (Å²) in [5, 5.41) is 3.86. The maximum Gasteiger partial charge on any atom is 0.314 e. The van der Waals surface area contributed by atoms with Gasteiger partial charge in [0.2, 0.25) is 0 Å². The number of rotatable bonds is 6. The second kappa shape index (κ2) is 7.77. The Kier molecular flexibility index (Phi) is 5.26. The number of hydrazone groups is 1. The van der Waals surface area contributed by atoms with Crippen LogP contribution in [0.3, 0.4) is 0 Å². The van der Waals surface area contributed by atoms with E-state index >= 15 is 0 Å². The molecule has 0 radical (unpaired) electrons. The molecule has 1 fully saturated rings. The van der Waals surface area contributed by atoms with Crippen LogP contribution in [0, 0.1) is 11.7 Å². The Labute approximate surface area is 149 Å². The van der Waals surface area contributed by atoms with Gasteiger partial charge in [-0.05, 0) is 60.9 Å². The number of carbonyl (C=O) groups excluding carboxylic acids is 2. The molecular formula is C19H17FN2O4. The van der Waals surface area contributed by atoms with Gasteiger partial charge in [-0.1, -0.05) is 0 Å². The van der Waals surface area contributed by atoms with E-state index in [1.54, 1.807) is 18.2 Å². The average molecular weight is 356 g/mol. The molecular weight excluding hydrogens is 339 g/mol. The molecule has 2 aromatic carbocycles. The zero-order chi connectivity index (χ0) is 18.5. The number of esters is 1. The number of methoxy groups -OCH3 is 1. The summed E-state index contributed by atoms with van der Waals surface area (Å²) in [7, 11) is 1.47. The summed E-state index contributed by atoms with van der Waals surface area (Å²) < 4.78 is 23.4. The van der Waals surface area contributed by atoms with Crippen LogP contribution in [0.15, 0.2) is 47.6 Å². The molecule has 134 valence electrons. The van der Waals surface area contributed by atoms with Crippen LogP contribution in [0.25, 0.3) is 0 Å². The Morgan fingerprint density at radius 1 is 1.15 bits per heavy atom. The minimum Gasteiger partial charge on any atom is -0.493 e. The largest absolute Gasteiger partial charge is 0.493 e. The first-order valence-electron chi connectivity index (χ1n) is 8.05. The van der Waals surface area contributed by atoms with Crippen LogP contribution in [-0.4, -0.2) is 25.2 Å². The maximum absolute atomic E-state index is 12.8. The second-order valence-corrected chi connectivity index (χ2v) is 5.81. The van der Waals surface area contributed by atoms with Crippen LogP contribution in [0.4, 0.5) is 4.39 Å². The molecule has 1 aliphatic rings. The van der Waals surface area contributed by atoms with E-state index in [0.29, 0.717) is 22.6 Å². The van der Waals surface area contributed by atoms with Crippen molar-refractivity contribution in [1.29, 1.82) is 0 Å². The van der Waals surface area contributed by atoms with Crippen LogP contribution in [0.1, 0.15) is 28.8 Å². The van der Waals surface area contributed by atoms with Crippen molar-refractivity contribution in [2.75, 3.05) is 7.11 Å². The number of benzene rings is 2. The number of carbonyl (C=O) groups is 2. The third-order valence-electron chi connectivity index (χ3n) is 3.80. The SMILES string of the molecule is COc1cc(/C=N\NC(=O)c2ccc(F)cc2)ccc1OC(=O)C1CC1. The van der Waals surface area contributed by atoms with Crippen molar-refractivity contribution >= 4 is 18.1 Å². The zero-order valence-electron chi connectivity index (χ0n) is 14.1. The minimum atomic E-state index is -0.455. The fraction of sp³-hybridized carbons (Fsp3) is 0.211. The zero-order valence-corrected chi connectivity index (χ0v) is 14.1. The quantitative estimate of drug-likeness (QED) is 0.374. The molecule has 0 aliphatic heterocycles. The molecule has 0 atom stereocenters. The number of halogens is 1. The molecule has 1 amide bonds. The summed E-state index contributed by atoms with van der Waals surface area (Å²) in [6.45, 7) is 0. The van der Waals surface area contributed by atoms with Gasteiger partial charge in [0.1, 0.15) is 5.82 Å². The lowest BCUT2D eigenvalue weighted by Gasteiger charge is -2.09. The summed E-state index contributed by atoms with van der Waals surface area (Å²) in [5.74, 6) is -0.397. The van der Waals surface area contributed by atoms with Gasteiger partial charge in [-0.15, -0.1) is 0 Å². The van der Waals surface area contributed by atoms with E-state index in [2.05, 4.69) is 10.5 Å². The molecule has 2 aromatic rings. The average Bonchev–Trinajstić information content (AvgIpc) is 3.48. The third-order valence-corrected chi connectivity index (χ3v) is 3.80. The van der Waals surface area contributed by atoms with E-state index in [1.165, 1.54) is 37.6 Å². The number of hydrogen-bond donors (Lipinski definition) is 1. The first kappa shape index (κ1) is 17.6. The molecule has 1 N–H and O–H groups in total. The summed E-state index contributed by atoms with van der Waals surface area (Å²) >= 11 is 0. The lowest BCUT2D eigenvalue weighted by molar-refractivity contribution is -0.135. The van der Waals surface area contributed by atoms with E-state index in [9.17, 15) is 14.0 Å². The molecule has 0 heterocycles. The number of ether oxygens (including phenoxy) is 2. The van der Waals surface area contributed by atoms with Gasteiger partial charge in [-0.25, -0.2) is 9.82 Å². The first-order valence-corrected chi connectivity index (χ1v) is 8.05. The van der Waals surface area contributed by atoms with Crippen LogP contribution in [-0.2, 0) is 4.79 Å². The standard InChI is InChI=1S/C19H17FN2O4/c1-25-17-10-12(2-9-16(17)26-19(24)14-3-4-14)11-21-22-18(23)13-5-7-15(20)8-6-13/h2,5-11,14H,3-4H2,1H3,(H,22,23)/b21-11-. The molecule has 0 unspecified atom stereocenters. The number of nitrogens with one attached hydrogen (secondary N) is 1. The Hall–Kier alpha value is -3.22. The van der Waals surface area contributed by atoms with Gasteiger partial charge in [0.25, 0.3) is 5.91 Å². The lowest BCUT2D eigenvalue weighted by Crippen LogP contribution is -2.17. The van der Waals surface area contributed by atoms with Crippen LogP contribution >= 0.6 is 0 Å². The summed E-state index contributed by atoms with van der Waals surface area (Å²) in [6, 6.07) is 10.1. The van der Waals surface area contributed by atoms with Gasteiger partial charge >= 0.3 is 5.97 Å². The highest BCUT2D eigenvalue weighted by molar-refractivity contribution is 5.94. The molecule has 0 saturated heterocycles. The predicted molar refractivity (Wildman–Crippen MR) is 92.8 cm³/mol. The topological polar surface area (TPSA) is 77.0 Å². The molecule has 7 heteroatoms. The van der Waals surface area contributed by atoms with Crippen molar-refractivity contribution in [3.8, 4) is 11.5 Å². The second-order valence-electron chi connectivity index (χ2n) is 5.81. The summed E-state index contributed by atoms with van der Waals surface area (Å²) in [5.41, 5.74) is 3.30. The van der Waals surface area contributed by atoms with Gasteiger partial charge in [0.05, 0.1) is 19.2 Å². The molecule has 3 rings (SSSR count). The lowest BCUT2D eigenvalue weighted by atomic mass is 10.2. The Bertz CT molecular complexity index is 845. The molecule has 0 bridgehead atoms. The van der Waals surface area contributed by atoms with E-state index in [0.717, 1.165) is 12.8 Å². The highest BCUT2D eigenvalue weighted by atomic mass is 19.1.